The van der Waals surface area contributed by atoms with E-state index in [4.69, 9.17) is 14.2 Å². The molecule has 3 nitrogen and oxygen atoms in total. The van der Waals surface area contributed by atoms with Crippen molar-refractivity contribution in [3.05, 3.63) is 76.2 Å². The van der Waals surface area contributed by atoms with Crippen LogP contribution in [-0.2, 0) is 16.1 Å². The fourth-order valence-corrected chi connectivity index (χ4v) is 2.63. The second-order valence-corrected chi connectivity index (χ2v) is 5.64. The summed E-state index contributed by atoms with van der Waals surface area (Å²) in [5.74, 6) is 0.811. The summed E-state index contributed by atoms with van der Waals surface area (Å²) in [4.78, 5) is 0. The summed E-state index contributed by atoms with van der Waals surface area (Å²) in [5.41, 5.74) is 3.19. The van der Waals surface area contributed by atoms with Crippen LogP contribution in [0.3, 0.4) is 0 Å². The highest BCUT2D eigenvalue weighted by Gasteiger charge is 2.19. The van der Waals surface area contributed by atoms with E-state index in [1.807, 2.05) is 49.4 Å². The van der Waals surface area contributed by atoms with Crippen LogP contribution in [0.25, 0.3) is 0 Å². The van der Waals surface area contributed by atoms with E-state index in [-0.39, 0.29) is 6.29 Å². The van der Waals surface area contributed by atoms with E-state index in [9.17, 15) is 0 Å². The average molecular weight is 347 g/mol. The van der Waals surface area contributed by atoms with Gasteiger partial charge in [0.05, 0.1) is 4.47 Å². The van der Waals surface area contributed by atoms with Gasteiger partial charge in [-0.3, -0.25) is 0 Å². The first-order chi connectivity index (χ1) is 10.2. The van der Waals surface area contributed by atoms with Gasteiger partial charge in [-0.1, -0.05) is 30.3 Å². The Morgan fingerprint density at radius 1 is 1.10 bits per heavy atom. The standard InChI is InChI=1S/C17H15BrO3/c1-12-9-16(21-11-13-5-3-2-4-6-13)15(18)10-14(12)17-19-7-8-20-17/h2-10,17H,11H2,1H3. The third-order valence-electron chi connectivity index (χ3n) is 3.27. The minimum absolute atomic E-state index is 0.371. The molecule has 2 aromatic rings. The largest absolute Gasteiger partial charge is 0.488 e. The van der Waals surface area contributed by atoms with Crippen molar-refractivity contribution in [2.24, 2.45) is 0 Å². The predicted octanol–water partition coefficient (Wildman–Crippen LogP) is 4.85. The lowest BCUT2D eigenvalue weighted by atomic mass is 10.1. The molecular formula is C17H15BrO3. The first-order valence-electron chi connectivity index (χ1n) is 6.67. The van der Waals surface area contributed by atoms with Gasteiger partial charge in [-0.25, -0.2) is 0 Å². The number of hydrogen-bond acceptors (Lipinski definition) is 3. The second kappa shape index (κ2) is 6.22. The predicted molar refractivity (Wildman–Crippen MR) is 83.7 cm³/mol. The summed E-state index contributed by atoms with van der Waals surface area (Å²) < 4.78 is 17.5. The van der Waals surface area contributed by atoms with Crippen LogP contribution in [0.2, 0.25) is 0 Å². The Balaban J connectivity index is 1.75. The zero-order valence-corrected chi connectivity index (χ0v) is 13.2. The fourth-order valence-electron chi connectivity index (χ4n) is 2.16. The maximum atomic E-state index is 5.88. The Bertz CT molecular complexity index is 645. The van der Waals surface area contributed by atoms with Crippen molar-refractivity contribution in [2.45, 2.75) is 19.8 Å². The molecule has 0 bridgehead atoms. The molecule has 1 aliphatic heterocycles. The molecule has 0 saturated heterocycles. The lowest BCUT2D eigenvalue weighted by Crippen LogP contribution is -2.02. The molecular weight excluding hydrogens is 332 g/mol. The molecule has 0 unspecified atom stereocenters. The molecule has 0 amide bonds. The van der Waals surface area contributed by atoms with E-state index < -0.39 is 0 Å². The third-order valence-corrected chi connectivity index (χ3v) is 3.89. The van der Waals surface area contributed by atoms with E-state index >= 15 is 0 Å². The van der Waals surface area contributed by atoms with Crippen molar-refractivity contribution in [3.63, 3.8) is 0 Å². The lowest BCUT2D eigenvalue weighted by Gasteiger charge is -2.16. The normalized spacial score (nSPS) is 13.8. The third kappa shape index (κ3) is 3.22. The van der Waals surface area contributed by atoms with Crippen molar-refractivity contribution in [1.29, 1.82) is 0 Å². The molecule has 4 heteroatoms. The molecule has 108 valence electrons. The molecule has 0 fully saturated rings. The van der Waals surface area contributed by atoms with Crippen LogP contribution in [0.5, 0.6) is 5.75 Å². The molecule has 1 aliphatic rings. The molecule has 0 aromatic heterocycles. The number of halogens is 1. The Hall–Kier alpha value is -1.94. The van der Waals surface area contributed by atoms with E-state index in [1.165, 1.54) is 0 Å². The number of benzene rings is 2. The summed E-state index contributed by atoms with van der Waals surface area (Å²) in [7, 11) is 0. The van der Waals surface area contributed by atoms with Gasteiger partial charge in [0.25, 0.3) is 6.29 Å². The number of rotatable bonds is 4. The maximum absolute atomic E-state index is 5.88. The summed E-state index contributed by atoms with van der Waals surface area (Å²) in [6.45, 7) is 2.55. The van der Waals surface area contributed by atoms with Crippen molar-refractivity contribution < 1.29 is 14.2 Å². The summed E-state index contributed by atoms with van der Waals surface area (Å²) in [5, 5.41) is 0. The van der Waals surface area contributed by atoms with Crippen molar-refractivity contribution in [1.82, 2.24) is 0 Å². The highest BCUT2D eigenvalue weighted by Crippen LogP contribution is 2.34. The van der Waals surface area contributed by atoms with Gasteiger partial charge in [-0.15, -0.1) is 0 Å². The highest BCUT2D eigenvalue weighted by atomic mass is 79.9. The number of ether oxygens (including phenoxy) is 3. The Labute approximate surface area is 132 Å². The Morgan fingerprint density at radius 3 is 2.52 bits per heavy atom. The summed E-state index contributed by atoms with van der Waals surface area (Å²) in [6.07, 6.45) is 2.74. The van der Waals surface area contributed by atoms with E-state index in [1.54, 1.807) is 12.5 Å². The first kappa shape index (κ1) is 14.0. The van der Waals surface area contributed by atoms with Crippen LogP contribution in [0.1, 0.15) is 23.0 Å². The van der Waals surface area contributed by atoms with Gasteiger partial charge >= 0.3 is 0 Å². The molecule has 0 atom stereocenters. The monoisotopic (exact) mass is 346 g/mol. The van der Waals surface area contributed by atoms with Crippen molar-refractivity contribution >= 4 is 15.9 Å². The SMILES string of the molecule is Cc1cc(OCc2ccccc2)c(Br)cc1C1OC=CO1. The van der Waals surface area contributed by atoms with Gasteiger partial charge in [-0.05, 0) is 46.1 Å². The van der Waals surface area contributed by atoms with E-state index in [2.05, 4.69) is 15.9 Å². The van der Waals surface area contributed by atoms with Crippen LogP contribution in [0.15, 0.2) is 59.5 Å². The molecule has 0 N–H and O–H groups in total. The zero-order chi connectivity index (χ0) is 14.7. The Kier molecular flexibility index (Phi) is 4.15. The van der Waals surface area contributed by atoms with Crippen LogP contribution >= 0.6 is 15.9 Å². The van der Waals surface area contributed by atoms with Gasteiger partial charge in [-0.2, -0.15) is 0 Å². The van der Waals surface area contributed by atoms with E-state index in [0.717, 1.165) is 26.9 Å². The van der Waals surface area contributed by atoms with Crippen molar-refractivity contribution in [3.8, 4) is 5.75 Å². The average Bonchev–Trinajstić information content (AvgIpc) is 3.03. The molecule has 0 spiro atoms. The fraction of sp³-hybridized carbons (Fsp3) is 0.176. The Morgan fingerprint density at radius 2 is 1.81 bits per heavy atom. The number of aryl methyl sites for hydroxylation is 1. The van der Waals surface area contributed by atoms with Gasteiger partial charge in [0.15, 0.2) is 0 Å². The lowest BCUT2D eigenvalue weighted by molar-refractivity contribution is -0.0251. The molecule has 0 saturated carbocycles. The smallest absolute Gasteiger partial charge is 0.266 e. The quantitative estimate of drug-likeness (QED) is 0.791. The second-order valence-electron chi connectivity index (χ2n) is 4.79. The molecule has 1 heterocycles. The minimum atomic E-state index is -0.371. The summed E-state index contributed by atoms with van der Waals surface area (Å²) in [6, 6.07) is 14.1. The van der Waals surface area contributed by atoms with E-state index in [0.29, 0.717) is 6.61 Å². The minimum Gasteiger partial charge on any atom is -0.488 e. The van der Waals surface area contributed by atoms with Gasteiger partial charge in [0.2, 0.25) is 0 Å². The topological polar surface area (TPSA) is 27.7 Å². The van der Waals surface area contributed by atoms with Crippen LogP contribution in [-0.4, -0.2) is 0 Å². The zero-order valence-electron chi connectivity index (χ0n) is 11.6. The maximum Gasteiger partial charge on any atom is 0.266 e. The molecule has 3 rings (SSSR count). The van der Waals surface area contributed by atoms with Crippen molar-refractivity contribution in [2.75, 3.05) is 0 Å². The number of hydrogen-bond donors (Lipinski definition) is 0. The molecule has 0 aliphatic carbocycles. The molecule has 2 aromatic carbocycles. The first-order valence-corrected chi connectivity index (χ1v) is 7.46. The van der Waals surface area contributed by atoms with Gasteiger partial charge in [0.1, 0.15) is 24.9 Å². The van der Waals surface area contributed by atoms with Gasteiger partial charge in [0, 0.05) is 5.56 Å². The molecule has 0 radical (unpaired) electrons. The van der Waals surface area contributed by atoms with Crippen LogP contribution in [0, 0.1) is 6.92 Å². The van der Waals surface area contributed by atoms with Gasteiger partial charge < -0.3 is 14.2 Å². The molecule has 21 heavy (non-hydrogen) atoms. The van der Waals surface area contributed by atoms with Crippen LogP contribution in [0.4, 0.5) is 0 Å². The summed E-state index contributed by atoms with van der Waals surface area (Å²) >= 11 is 3.55. The van der Waals surface area contributed by atoms with Crippen LogP contribution < -0.4 is 4.74 Å². The highest BCUT2D eigenvalue weighted by molar-refractivity contribution is 9.10.